The fourth-order valence-corrected chi connectivity index (χ4v) is 10.6. The van der Waals surface area contributed by atoms with Gasteiger partial charge in [0, 0.05) is 23.6 Å². The molecule has 2 heterocycles. The number of benzene rings is 6. The molecule has 0 aliphatic rings. The number of hydrogen-bond acceptors (Lipinski definition) is 34. The summed E-state index contributed by atoms with van der Waals surface area (Å²) >= 11 is 0.226. The summed E-state index contributed by atoms with van der Waals surface area (Å²) < 4.78 is 107. The molecule has 0 saturated heterocycles. The van der Waals surface area contributed by atoms with Crippen molar-refractivity contribution in [3.05, 3.63) is 117 Å². The number of unbranched alkanes of at least 4 members (excludes halogenated alkanes) is 5. The second kappa shape index (κ2) is 36.5. The van der Waals surface area contributed by atoms with Gasteiger partial charge in [-0.25, -0.2) is 18.0 Å². The number of aromatic amines is 2. The maximum absolute atomic E-state index is 12.8. The number of phenols is 2. The molecule has 6 aromatic carbocycles. The number of hydrazine groups is 2. The Morgan fingerprint density at radius 3 is 1.41 bits per heavy atom. The molecule has 0 fully saturated rings. The van der Waals surface area contributed by atoms with Crippen LogP contribution in [0.2, 0.25) is 0 Å². The van der Waals surface area contributed by atoms with Crippen molar-refractivity contribution in [2.75, 3.05) is 21.5 Å². The first kappa shape index (κ1) is 82.0. The normalized spacial score (nSPS) is 11.6. The summed E-state index contributed by atoms with van der Waals surface area (Å²) in [5, 5.41) is 78.9. The SMILES string of the molecule is O=C(CCCCCCCCC(=O)NNc1nc(Nc2cc(S(O)(O)O)cc3cc(S(=O)(=O)[O-])c(N=Nc4ccc(C(=O)[O-])cc4)c(O)c23)nc(=O)[nH]1)NNc1nc(Nc2cc(S(=O)(=O)O)cc3cc(SOO[O-])c(N=Nc4ccc(C(=O)[O-])cc4)c(O)c23)nc(=O)[nH]1.[Na+].[Na+].[Na+].[Na+]. The minimum absolute atomic E-state index is 0. The third kappa shape index (κ3) is 22.6. The number of anilines is 6. The van der Waals surface area contributed by atoms with Crippen LogP contribution >= 0.6 is 22.9 Å². The van der Waals surface area contributed by atoms with Crippen LogP contribution in [-0.4, -0.2) is 103 Å². The Morgan fingerprint density at radius 2 is 0.979 bits per heavy atom. The molecule has 0 radical (unpaired) electrons. The van der Waals surface area contributed by atoms with Gasteiger partial charge in [-0.3, -0.25) is 50.9 Å². The van der Waals surface area contributed by atoms with E-state index >= 15 is 0 Å². The topological polar surface area (TPSA) is 608 Å². The summed E-state index contributed by atoms with van der Waals surface area (Å²) in [6, 6.07) is 14.6. The zero-order valence-electron chi connectivity index (χ0n) is 50.2. The Labute approximate surface area is 633 Å². The summed E-state index contributed by atoms with van der Waals surface area (Å²) in [5.74, 6) is -7.76. The van der Waals surface area contributed by atoms with Crippen molar-refractivity contribution < 1.29 is 212 Å². The van der Waals surface area contributed by atoms with Crippen LogP contribution in [0.4, 0.5) is 57.9 Å². The van der Waals surface area contributed by atoms with Crippen molar-refractivity contribution in [3.63, 3.8) is 0 Å². The Kier molecular flexibility index (Phi) is 31.2. The van der Waals surface area contributed by atoms with Gasteiger partial charge in [-0.05, 0) is 95.4 Å². The maximum Gasteiger partial charge on any atom is 1.00 e. The molecule has 0 saturated carbocycles. The van der Waals surface area contributed by atoms with Crippen molar-refractivity contribution in [3.8, 4) is 11.5 Å². The van der Waals surface area contributed by atoms with Gasteiger partial charge >= 0.3 is 130 Å². The zero-order chi connectivity index (χ0) is 66.7. The first-order valence-electron chi connectivity index (χ1n) is 25.9. The number of azo groups is 2. The fourth-order valence-electron chi connectivity index (χ4n) is 8.37. The van der Waals surface area contributed by atoms with Gasteiger partial charge in [0.1, 0.15) is 32.4 Å². The molecule has 14 N–H and O–H groups in total. The van der Waals surface area contributed by atoms with E-state index in [1.54, 1.807) is 0 Å². The number of aromatic nitrogens is 6. The number of hydrogen-bond donors (Lipinski definition) is 14. The molecule has 0 atom stereocenters. The third-order valence-electron chi connectivity index (χ3n) is 12.5. The van der Waals surface area contributed by atoms with Crippen molar-refractivity contribution in [2.45, 2.75) is 70.9 Å². The third-order valence-corrected chi connectivity index (χ3v) is 15.7. The molecule has 484 valence electrons. The van der Waals surface area contributed by atoms with E-state index in [1.807, 2.05) is 0 Å². The number of aromatic carboxylic acids is 2. The molecular formula is C50H44N16Na4O22S4. The van der Waals surface area contributed by atoms with E-state index in [0.717, 1.165) is 54.6 Å². The van der Waals surface area contributed by atoms with Gasteiger partial charge < -0.3 is 64.1 Å². The minimum atomic E-state index is -5.48. The number of carbonyl (C=O) groups is 4. The molecule has 0 spiro atoms. The van der Waals surface area contributed by atoms with Crippen molar-refractivity contribution in [1.82, 2.24) is 40.8 Å². The van der Waals surface area contributed by atoms with Crippen molar-refractivity contribution >= 4 is 146 Å². The Balaban J connectivity index is 0.00000490. The van der Waals surface area contributed by atoms with Crippen LogP contribution in [0.15, 0.2) is 135 Å². The van der Waals surface area contributed by atoms with Crippen LogP contribution in [0.5, 0.6) is 11.5 Å². The fraction of sp³-hybridized carbons (Fsp3) is 0.160. The van der Waals surface area contributed by atoms with E-state index in [-0.39, 0.29) is 193 Å². The molecule has 0 unspecified atom stereocenters. The number of carboxylic acids is 2. The van der Waals surface area contributed by atoms with Crippen LogP contribution in [0, 0.1) is 0 Å². The molecule has 38 nitrogen and oxygen atoms in total. The molecule has 8 aromatic rings. The molecule has 2 amide bonds. The smallest absolute Gasteiger partial charge is 0.744 e. The predicted molar refractivity (Wildman–Crippen MR) is 313 cm³/mol. The van der Waals surface area contributed by atoms with E-state index in [1.165, 1.54) is 24.3 Å². The summed E-state index contributed by atoms with van der Waals surface area (Å²) in [6.45, 7) is 0. The minimum Gasteiger partial charge on any atom is -0.744 e. The Morgan fingerprint density at radius 1 is 0.562 bits per heavy atom. The standard InChI is InChI=1S/C50H48N16O22S4.4Na/c67-35(61-65-47-53-45(55-49(75)57-47)51-31-21-29(90(78,79)80)17-25-19-33(89-88-87-77)39(41(69)37(25)31)63-59-27-13-9-23(10-14-27)43(71)72)7-5-3-1-2-4-6-8-36(68)62-66-48-54-46(56-50(76)58-48)52-32-22-30(91(81,82)83)18-26-20-34(92(84,85)86)40(42(70)38(26)32)64-60-28-15-11-24(12-16-28)44(73)74;;;;/h9-22,69-70,77,81-83H,1-8H2,(H,61,67)(H,62,68)(H,71,72)(H,73,74)(H,78,79,80)(H,84,85,86)(H3,51,53,55,57,65,75)(H3,52,54,56,58,66,76);;;;/q;4*+1/p-4. The first-order chi connectivity index (χ1) is 43.5. The van der Waals surface area contributed by atoms with E-state index in [9.17, 15) is 94.0 Å². The quantitative estimate of drug-likeness (QED) is 0.00394. The number of nitrogens with one attached hydrogen (secondary N) is 8. The summed E-state index contributed by atoms with van der Waals surface area (Å²) in [6.07, 6.45) is 3.18. The maximum atomic E-state index is 12.8. The number of nitrogens with zero attached hydrogens (tertiary/aromatic N) is 8. The van der Waals surface area contributed by atoms with E-state index in [2.05, 4.69) is 92.1 Å². The molecule has 46 heteroatoms. The van der Waals surface area contributed by atoms with Crippen LogP contribution in [-0.2, 0) is 39.2 Å². The van der Waals surface area contributed by atoms with Crippen molar-refractivity contribution in [1.29, 1.82) is 0 Å². The van der Waals surface area contributed by atoms with Crippen LogP contribution in [0.3, 0.4) is 0 Å². The zero-order valence-corrected chi connectivity index (χ0v) is 61.4. The second-order valence-corrected chi connectivity index (χ2v) is 23.9. The van der Waals surface area contributed by atoms with Gasteiger partial charge in [-0.2, -0.15) is 42.9 Å². The van der Waals surface area contributed by atoms with E-state index in [4.69, 9.17) is 0 Å². The van der Waals surface area contributed by atoms with Crippen LogP contribution in [0.25, 0.3) is 21.5 Å². The molecule has 2 aromatic heterocycles. The monoisotopic (exact) mass is 1440 g/mol. The first-order valence-corrected chi connectivity index (χ1v) is 31.0. The number of aromatic hydroxyl groups is 2. The largest absolute Gasteiger partial charge is 1.00 e. The van der Waals surface area contributed by atoms with Crippen LogP contribution < -0.4 is 177 Å². The molecule has 0 aliphatic heterocycles. The Bertz CT molecular complexity index is 4620. The number of H-pyrrole nitrogens is 2. The molecule has 96 heavy (non-hydrogen) atoms. The van der Waals surface area contributed by atoms with Gasteiger partial charge in [0.15, 0.2) is 11.5 Å². The van der Waals surface area contributed by atoms with E-state index < -0.39 is 138 Å². The number of rotatable bonds is 29. The van der Waals surface area contributed by atoms with E-state index in [0.29, 0.717) is 44.6 Å². The van der Waals surface area contributed by atoms with Crippen molar-refractivity contribution in [2.24, 2.45) is 20.5 Å². The van der Waals surface area contributed by atoms with Gasteiger partial charge in [0.05, 0.1) is 66.3 Å². The number of carboxylic acid groups (broad SMARTS) is 2. The van der Waals surface area contributed by atoms with Gasteiger partial charge in [0.2, 0.25) is 35.6 Å². The molecular weight excluding hydrogens is 1400 g/mol. The molecule has 8 rings (SSSR count). The second-order valence-electron chi connectivity index (χ2n) is 18.9. The Hall–Kier alpha value is -6.38. The average molecular weight is 1440 g/mol. The summed E-state index contributed by atoms with van der Waals surface area (Å²) in [7, 11) is -15.1. The van der Waals surface area contributed by atoms with Gasteiger partial charge in [0.25, 0.3) is 10.1 Å². The number of phenolic OH excluding ortho intramolecular Hbond substituents is 2. The predicted octanol–water partition coefficient (Wildman–Crippen LogP) is -7.91. The van der Waals surface area contributed by atoms with Gasteiger partial charge in [-0.15, -0.1) is 10.2 Å². The number of carbonyl (C=O) groups excluding carboxylic acids is 4. The van der Waals surface area contributed by atoms with Crippen LogP contribution in [0.1, 0.15) is 72.1 Å². The summed E-state index contributed by atoms with van der Waals surface area (Å²) in [4.78, 5) is 90.3. The average Bonchev–Trinajstić information content (AvgIpc) is 0.758. The molecule has 0 bridgehead atoms. The molecule has 0 aliphatic carbocycles. The van der Waals surface area contributed by atoms with Gasteiger partial charge in [-0.1, -0.05) is 49.9 Å². The number of amides is 2. The number of fused-ring (bicyclic) bond motifs is 2. The summed E-state index contributed by atoms with van der Waals surface area (Å²) in [5.41, 5.74) is 4.94.